The number of carbonyl (C=O) groups excluding carboxylic acids is 2. The molecule has 1 unspecified atom stereocenters. The molecule has 2 amide bonds. The number of hydrogen-bond acceptors (Lipinski definition) is 5. The number of aliphatic hydroxyl groups is 1. The van der Waals surface area contributed by atoms with Gasteiger partial charge >= 0.3 is 5.97 Å². The summed E-state index contributed by atoms with van der Waals surface area (Å²) in [6, 6.07) is 0. The van der Waals surface area contributed by atoms with Crippen LogP contribution in [0.5, 0.6) is 0 Å². The Morgan fingerprint density at radius 1 is 1.44 bits per heavy atom. The number of rotatable bonds is 7. The van der Waals surface area contributed by atoms with Crippen LogP contribution in [-0.2, 0) is 14.4 Å². The SMILES string of the molecule is O=C(O)CSCC(=O)NCCN1CC(O)CC1=O. The Hall–Kier alpha value is -1.28. The number of hydrogen-bond donors (Lipinski definition) is 3. The number of thioether (sulfide) groups is 1. The van der Waals surface area contributed by atoms with Crippen molar-refractivity contribution in [1.82, 2.24) is 10.2 Å². The number of carbonyl (C=O) groups is 3. The Labute approximate surface area is 109 Å². The fourth-order valence-electron chi connectivity index (χ4n) is 1.58. The molecule has 0 aromatic heterocycles. The van der Waals surface area contributed by atoms with Crippen molar-refractivity contribution in [3.63, 3.8) is 0 Å². The third-order valence-corrected chi connectivity index (χ3v) is 3.27. The quantitative estimate of drug-likeness (QED) is 0.523. The number of amides is 2. The average Bonchev–Trinajstić information content (AvgIpc) is 2.57. The fourth-order valence-corrected chi connectivity index (χ4v) is 2.14. The van der Waals surface area contributed by atoms with Crippen LogP contribution in [0.3, 0.4) is 0 Å². The normalized spacial score (nSPS) is 19.1. The molecule has 0 aromatic carbocycles. The minimum atomic E-state index is -0.954. The highest BCUT2D eigenvalue weighted by Crippen LogP contribution is 2.09. The monoisotopic (exact) mass is 276 g/mol. The van der Waals surface area contributed by atoms with Gasteiger partial charge in [0.1, 0.15) is 0 Å². The number of nitrogens with zero attached hydrogens (tertiary/aromatic N) is 1. The Balaban J connectivity index is 2.08. The molecule has 1 rings (SSSR count). The van der Waals surface area contributed by atoms with Crippen molar-refractivity contribution in [2.75, 3.05) is 31.1 Å². The van der Waals surface area contributed by atoms with Gasteiger partial charge in [-0.1, -0.05) is 0 Å². The molecule has 0 saturated carbocycles. The lowest BCUT2D eigenvalue weighted by atomic mass is 10.3. The van der Waals surface area contributed by atoms with Crippen LogP contribution in [0.25, 0.3) is 0 Å². The van der Waals surface area contributed by atoms with E-state index in [0.717, 1.165) is 11.8 Å². The molecule has 0 aromatic rings. The zero-order chi connectivity index (χ0) is 13.5. The Morgan fingerprint density at radius 3 is 2.72 bits per heavy atom. The van der Waals surface area contributed by atoms with E-state index in [4.69, 9.17) is 5.11 Å². The van der Waals surface area contributed by atoms with E-state index >= 15 is 0 Å². The molecule has 1 heterocycles. The van der Waals surface area contributed by atoms with Gasteiger partial charge in [0.2, 0.25) is 11.8 Å². The zero-order valence-electron chi connectivity index (χ0n) is 9.79. The molecule has 8 heteroatoms. The first-order chi connectivity index (χ1) is 8.49. The Morgan fingerprint density at radius 2 is 2.17 bits per heavy atom. The Kier molecular flexibility index (Phi) is 5.93. The molecule has 3 N–H and O–H groups in total. The summed E-state index contributed by atoms with van der Waals surface area (Å²) < 4.78 is 0. The van der Waals surface area contributed by atoms with Gasteiger partial charge in [-0.3, -0.25) is 14.4 Å². The number of carboxylic acid groups (broad SMARTS) is 1. The van der Waals surface area contributed by atoms with Crippen LogP contribution < -0.4 is 5.32 Å². The summed E-state index contributed by atoms with van der Waals surface area (Å²) in [5, 5.41) is 20.2. The van der Waals surface area contributed by atoms with Crippen LogP contribution >= 0.6 is 11.8 Å². The number of nitrogens with one attached hydrogen (secondary N) is 1. The molecule has 1 saturated heterocycles. The average molecular weight is 276 g/mol. The van der Waals surface area contributed by atoms with Crippen LogP contribution in [0.4, 0.5) is 0 Å². The summed E-state index contributed by atoms with van der Waals surface area (Å²) in [4.78, 5) is 34.3. The van der Waals surface area contributed by atoms with Gasteiger partial charge in [0, 0.05) is 19.6 Å². The second-order valence-electron chi connectivity index (χ2n) is 3.93. The molecule has 0 spiro atoms. The number of aliphatic hydroxyl groups excluding tert-OH is 1. The van der Waals surface area contributed by atoms with Crippen molar-refractivity contribution >= 4 is 29.5 Å². The van der Waals surface area contributed by atoms with Gasteiger partial charge in [0.25, 0.3) is 0 Å². The standard InChI is InChI=1S/C10H16N2O5S/c13-7-3-9(15)12(4-7)2-1-11-8(14)5-18-6-10(16)17/h7,13H,1-6H2,(H,11,14)(H,16,17). The lowest BCUT2D eigenvalue weighted by Gasteiger charge is -2.15. The maximum absolute atomic E-state index is 11.3. The van der Waals surface area contributed by atoms with Crippen LogP contribution in [0.2, 0.25) is 0 Å². The van der Waals surface area contributed by atoms with Crippen LogP contribution in [-0.4, -0.2) is 70.1 Å². The zero-order valence-corrected chi connectivity index (χ0v) is 10.6. The van der Waals surface area contributed by atoms with Crippen LogP contribution in [0.1, 0.15) is 6.42 Å². The van der Waals surface area contributed by atoms with E-state index < -0.39 is 12.1 Å². The van der Waals surface area contributed by atoms with Crippen molar-refractivity contribution in [2.45, 2.75) is 12.5 Å². The predicted molar refractivity (Wildman–Crippen MR) is 65.2 cm³/mol. The molecule has 1 fully saturated rings. The van der Waals surface area contributed by atoms with E-state index in [-0.39, 0.29) is 29.7 Å². The number of aliphatic carboxylic acids is 1. The highest BCUT2D eigenvalue weighted by Gasteiger charge is 2.27. The molecular weight excluding hydrogens is 260 g/mol. The van der Waals surface area contributed by atoms with Crippen molar-refractivity contribution in [3.05, 3.63) is 0 Å². The number of carboxylic acids is 1. The summed E-state index contributed by atoms with van der Waals surface area (Å²) in [5.41, 5.74) is 0. The van der Waals surface area contributed by atoms with Gasteiger partial charge in [-0.15, -0.1) is 11.8 Å². The van der Waals surface area contributed by atoms with Gasteiger partial charge in [0.05, 0.1) is 24.0 Å². The molecule has 18 heavy (non-hydrogen) atoms. The third kappa shape index (κ3) is 5.37. The van der Waals surface area contributed by atoms with Crippen molar-refractivity contribution < 1.29 is 24.6 Å². The molecule has 1 aliphatic rings. The minimum absolute atomic E-state index is 0.0862. The van der Waals surface area contributed by atoms with Gasteiger partial charge in [-0.25, -0.2) is 0 Å². The number of β-amino-alcohol motifs (C(OH)–C–C–N with tert-alkyl or cyclic N) is 1. The maximum Gasteiger partial charge on any atom is 0.313 e. The molecule has 1 atom stereocenters. The van der Waals surface area contributed by atoms with E-state index in [1.807, 2.05) is 0 Å². The number of likely N-dealkylation sites (tertiary alicyclic amines) is 1. The molecule has 0 bridgehead atoms. The highest BCUT2D eigenvalue weighted by atomic mass is 32.2. The van der Waals surface area contributed by atoms with Crippen molar-refractivity contribution in [1.29, 1.82) is 0 Å². The summed E-state index contributed by atoms with van der Waals surface area (Å²) >= 11 is 1.02. The molecule has 0 aliphatic carbocycles. The topological polar surface area (TPSA) is 107 Å². The largest absolute Gasteiger partial charge is 0.481 e. The second-order valence-corrected chi connectivity index (χ2v) is 4.92. The molecule has 1 aliphatic heterocycles. The first-order valence-electron chi connectivity index (χ1n) is 5.51. The summed E-state index contributed by atoms with van der Waals surface area (Å²) in [6.07, 6.45) is -0.470. The smallest absolute Gasteiger partial charge is 0.313 e. The second kappa shape index (κ2) is 7.22. The lowest BCUT2D eigenvalue weighted by molar-refractivity contribution is -0.134. The van der Waals surface area contributed by atoms with Crippen LogP contribution in [0, 0.1) is 0 Å². The maximum atomic E-state index is 11.3. The molecule has 0 radical (unpaired) electrons. The van der Waals surface area contributed by atoms with E-state index in [2.05, 4.69) is 5.32 Å². The summed E-state index contributed by atoms with van der Waals surface area (Å²) in [6.45, 7) is 0.985. The van der Waals surface area contributed by atoms with Gasteiger partial charge in [0.15, 0.2) is 0 Å². The van der Waals surface area contributed by atoms with Crippen LogP contribution in [0.15, 0.2) is 0 Å². The van der Waals surface area contributed by atoms with Gasteiger partial charge in [-0.05, 0) is 0 Å². The summed E-state index contributed by atoms with van der Waals surface area (Å²) in [7, 11) is 0. The predicted octanol–water partition coefficient (Wildman–Crippen LogP) is -1.49. The molecule has 7 nitrogen and oxygen atoms in total. The minimum Gasteiger partial charge on any atom is -0.481 e. The molecular formula is C10H16N2O5S. The van der Waals surface area contributed by atoms with E-state index in [1.165, 1.54) is 4.90 Å². The first kappa shape index (κ1) is 14.8. The highest BCUT2D eigenvalue weighted by molar-refractivity contribution is 8.00. The first-order valence-corrected chi connectivity index (χ1v) is 6.66. The van der Waals surface area contributed by atoms with E-state index in [9.17, 15) is 19.5 Å². The fraction of sp³-hybridized carbons (Fsp3) is 0.700. The van der Waals surface area contributed by atoms with E-state index in [0.29, 0.717) is 19.6 Å². The third-order valence-electron chi connectivity index (χ3n) is 2.36. The van der Waals surface area contributed by atoms with Gasteiger partial charge < -0.3 is 20.4 Å². The van der Waals surface area contributed by atoms with Gasteiger partial charge in [-0.2, -0.15) is 0 Å². The van der Waals surface area contributed by atoms with Crippen molar-refractivity contribution in [2.24, 2.45) is 0 Å². The van der Waals surface area contributed by atoms with E-state index in [1.54, 1.807) is 0 Å². The lowest BCUT2D eigenvalue weighted by Crippen LogP contribution is -2.36. The molecule has 102 valence electrons. The Bertz CT molecular complexity index is 336. The van der Waals surface area contributed by atoms with Crippen molar-refractivity contribution in [3.8, 4) is 0 Å². The summed E-state index contributed by atoms with van der Waals surface area (Å²) in [5.74, 6) is -1.34.